The largest absolute Gasteiger partial charge is 0.296 e. The fraction of sp³-hybridized carbons (Fsp3) is 0. The van der Waals surface area contributed by atoms with E-state index in [2.05, 4.69) is 31.4 Å². The van der Waals surface area contributed by atoms with Gasteiger partial charge in [0.1, 0.15) is 0 Å². The molecule has 16 heavy (non-hydrogen) atoms. The molecule has 0 saturated carbocycles. The lowest BCUT2D eigenvalue weighted by atomic mass is 10.2. The van der Waals surface area contributed by atoms with Crippen LogP contribution in [0.4, 0.5) is 5.13 Å². The summed E-state index contributed by atoms with van der Waals surface area (Å²) in [5.41, 5.74) is 0.559. The van der Waals surface area contributed by atoms with Crippen molar-refractivity contribution in [2.75, 3.05) is 5.32 Å². The number of nitrogens with zero attached hydrogens (tertiary/aromatic N) is 1. The van der Waals surface area contributed by atoms with Crippen LogP contribution < -0.4 is 5.32 Å². The molecule has 0 aliphatic carbocycles. The minimum absolute atomic E-state index is 0.217. The van der Waals surface area contributed by atoms with Crippen LogP contribution in [0.25, 0.3) is 0 Å². The van der Waals surface area contributed by atoms with Crippen molar-refractivity contribution in [1.29, 1.82) is 0 Å². The molecule has 0 fully saturated rings. The van der Waals surface area contributed by atoms with Crippen LogP contribution in [-0.4, -0.2) is 16.1 Å². The van der Waals surface area contributed by atoms with Crippen molar-refractivity contribution in [2.45, 2.75) is 0 Å². The van der Waals surface area contributed by atoms with E-state index in [1.807, 2.05) is 6.07 Å². The van der Waals surface area contributed by atoms with Crippen LogP contribution in [0.3, 0.4) is 0 Å². The fourth-order valence-corrected chi connectivity index (χ4v) is 2.34. The number of carbonyl (C=O) groups excluding carboxylic acids is 1. The molecule has 0 saturated heterocycles. The van der Waals surface area contributed by atoms with Crippen molar-refractivity contribution in [2.24, 2.45) is 0 Å². The lowest BCUT2D eigenvalue weighted by Crippen LogP contribution is -2.12. The van der Waals surface area contributed by atoms with E-state index in [9.17, 15) is 4.79 Å². The molecule has 0 aliphatic rings. The molecule has 0 unspecified atom stereocenters. The highest BCUT2D eigenvalue weighted by atomic mass is 79.9. The average Bonchev–Trinajstić information content (AvgIpc) is 2.64. The van der Waals surface area contributed by atoms with Gasteiger partial charge in [0.05, 0.1) is 5.56 Å². The first-order valence-corrected chi connectivity index (χ1v) is 6.30. The average molecular weight is 316 g/mol. The van der Waals surface area contributed by atoms with Crippen molar-refractivity contribution in [1.82, 2.24) is 10.2 Å². The summed E-state index contributed by atoms with van der Waals surface area (Å²) in [4.78, 5) is 11.8. The number of H-pyrrole nitrogens is 1. The Morgan fingerprint density at radius 1 is 1.50 bits per heavy atom. The molecule has 0 spiro atoms. The molecule has 1 aromatic carbocycles. The van der Waals surface area contributed by atoms with Crippen LogP contribution in [0.1, 0.15) is 10.4 Å². The highest BCUT2D eigenvalue weighted by Crippen LogP contribution is 2.18. The maximum Gasteiger partial charge on any atom is 0.258 e. The zero-order valence-electron chi connectivity index (χ0n) is 7.86. The Balaban J connectivity index is 2.21. The van der Waals surface area contributed by atoms with Gasteiger partial charge in [0.25, 0.3) is 5.91 Å². The third-order valence-corrected chi connectivity index (χ3v) is 3.47. The van der Waals surface area contributed by atoms with Gasteiger partial charge in [-0.1, -0.05) is 23.5 Å². The minimum atomic E-state index is -0.217. The van der Waals surface area contributed by atoms with Gasteiger partial charge in [0.2, 0.25) is 5.13 Å². The first kappa shape index (κ1) is 11.4. The van der Waals surface area contributed by atoms with Crippen LogP contribution in [-0.2, 0) is 0 Å². The molecule has 0 aliphatic heterocycles. The monoisotopic (exact) mass is 315 g/mol. The number of rotatable bonds is 2. The summed E-state index contributed by atoms with van der Waals surface area (Å²) < 4.78 is 1.27. The van der Waals surface area contributed by atoms with Crippen molar-refractivity contribution in [3.63, 3.8) is 0 Å². The molecule has 2 rings (SSSR count). The molecule has 0 bridgehead atoms. The second-order valence-corrected chi connectivity index (χ2v) is 5.37. The molecule has 7 heteroatoms. The molecular weight excluding hydrogens is 310 g/mol. The number of halogens is 1. The summed E-state index contributed by atoms with van der Waals surface area (Å²) >= 11 is 9.39. The Hall–Kier alpha value is -1.05. The van der Waals surface area contributed by atoms with E-state index in [-0.39, 0.29) is 5.91 Å². The summed E-state index contributed by atoms with van der Waals surface area (Å²) in [6.07, 6.45) is 0. The highest BCUT2D eigenvalue weighted by Gasteiger charge is 2.10. The van der Waals surface area contributed by atoms with E-state index in [4.69, 9.17) is 12.2 Å². The molecule has 0 atom stereocenters. The Bertz CT molecular complexity index is 578. The van der Waals surface area contributed by atoms with Gasteiger partial charge in [0, 0.05) is 4.47 Å². The first-order valence-electron chi connectivity index (χ1n) is 4.28. The van der Waals surface area contributed by atoms with Crippen molar-refractivity contribution in [3.8, 4) is 0 Å². The molecule has 1 heterocycles. The number of hydrogen-bond donors (Lipinski definition) is 2. The molecule has 2 N–H and O–H groups in total. The van der Waals surface area contributed by atoms with Crippen molar-refractivity contribution in [3.05, 3.63) is 38.3 Å². The van der Waals surface area contributed by atoms with Gasteiger partial charge in [-0.25, -0.2) is 0 Å². The Kier molecular flexibility index (Phi) is 3.47. The maximum absolute atomic E-state index is 11.8. The van der Waals surface area contributed by atoms with Crippen molar-refractivity contribution >= 4 is 50.5 Å². The maximum atomic E-state index is 11.8. The second-order valence-electron chi connectivity index (χ2n) is 2.85. The fourth-order valence-electron chi connectivity index (χ4n) is 1.09. The quantitative estimate of drug-likeness (QED) is 0.837. The highest BCUT2D eigenvalue weighted by molar-refractivity contribution is 9.10. The molecule has 1 aromatic heterocycles. The van der Waals surface area contributed by atoms with Gasteiger partial charge in [0.15, 0.2) is 3.95 Å². The molecule has 1 amide bonds. The Morgan fingerprint density at radius 2 is 2.25 bits per heavy atom. The Morgan fingerprint density at radius 3 is 2.88 bits per heavy atom. The number of aromatic amines is 1. The molecule has 0 radical (unpaired) electrons. The lowest BCUT2D eigenvalue weighted by Gasteiger charge is -2.02. The zero-order valence-corrected chi connectivity index (χ0v) is 11.1. The lowest BCUT2D eigenvalue weighted by molar-refractivity contribution is 0.102. The number of nitrogens with one attached hydrogen (secondary N) is 2. The SMILES string of the molecule is O=C(Nc1n[nH]c(=S)s1)c1ccccc1Br. The van der Waals surface area contributed by atoms with E-state index in [1.165, 1.54) is 11.3 Å². The van der Waals surface area contributed by atoms with E-state index in [1.54, 1.807) is 18.2 Å². The molecular formula is C9H6BrN3OS2. The van der Waals surface area contributed by atoms with Crippen molar-refractivity contribution < 1.29 is 4.79 Å². The number of benzene rings is 1. The normalized spacial score (nSPS) is 10.1. The van der Waals surface area contributed by atoms with Crippen LogP contribution >= 0.6 is 39.5 Å². The summed E-state index contributed by atoms with van der Waals surface area (Å²) in [6, 6.07) is 7.18. The van der Waals surface area contributed by atoms with Crippen LogP contribution in [0.5, 0.6) is 0 Å². The standard InChI is InChI=1S/C9H6BrN3OS2/c10-6-4-2-1-3-5(6)7(14)11-8-12-13-9(15)16-8/h1-4H,(H,13,15)(H,11,12,14). The van der Waals surface area contributed by atoms with Gasteiger partial charge < -0.3 is 0 Å². The summed E-state index contributed by atoms with van der Waals surface area (Å²) in [5, 5.41) is 9.57. The minimum Gasteiger partial charge on any atom is -0.296 e. The van der Waals surface area contributed by atoms with E-state index >= 15 is 0 Å². The molecule has 4 nitrogen and oxygen atoms in total. The molecule has 2 aromatic rings. The van der Waals surface area contributed by atoms with Crippen LogP contribution in [0.2, 0.25) is 0 Å². The zero-order chi connectivity index (χ0) is 11.5. The summed E-state index contributed by atoms with van der Waals surface area (Å²) in [6.45, 7) is 0. The number of carbonyl (C=O) groups is 1. The Labute approximate surface area is 109 Å². The van der Waals surface area contributed by atoms with Gasteiger partial charge in [-0.15, -0.1) is 5.10 Å². The van der Waals surface area contributed by atoms with E-state index < -0.39 is 0 Å². The topological polar surface area (TPSA) is 57.8 Å². The predicted octanol–water partition coefficient (Wildman–Crippen LogP) is 3.22. The first-order chi connectivity index (χ1) is 7.66. The second kappa shape index (κ2) is 4.86. The third kappa shape index (κ3) is 2.55. The summed E-state index contributed by atoms with van der Waals surface area (Å²) in [7, 11) is 0. The molecule has 82 valence electrons. The number of anilines is 1. The van der Waals surface area contributed by atoms with Gasteiger partial charge >= 0.3 is 0 Å². The number of amides is 1. The van der Waals surface area contributed by atoms with Gasteiger partial charge in [-0.2, -0.15) is 0 Å². The summed E-state index contributed by atoms with van der Waals surface area (Å²) in [5.74, 6) is -0.217. The van der Waals surface area contributed by atoms with Gasteiger partial charge in [-0.05, 0) is 40.3 Å². The number of aromatic nitrogens is 2. The third-order valence-electron chi connectivity index (χ3n) is 1.78. The van der Waals surface area contributed by atoms with Crippen LogP contribution in [0, 0.1) is 3.95 Å². The van der Waals surface area contributed by atoms with Crippen LogP contribution in [0.15, 0.2) is 28.7 Å². The number of hydrogen-bond acceptors (Lipinski definition) is 4. The predicted molar refractivity (Wildman–Crippen MR) is 69.4 cm³/mol. The van der Waals surface area contributed by atoms with Gasteiger partial charge in [-0.3, -0.25) is 15.2 Å². The smallest absolute Gasteiger partial charge is 0.258 e. The van der Waals surface area contributed by atoms with E-state index in [0.29, 0.717) is 14.6 Å². The van der Waals surface area contributed by atoms with E-state index in [0.717, 1.165) is 4.47 Å².